The van der Waals surface area contributed by atoms with Crippen molar-refractivity contribution in [2.24, 2.45) is 5.92 Å². The number of fused-ring (bicyclic) bond motifs is 1. The number of carbonyl (C=O) groups excluding carboxylic acids is 1. The number of hydrogen-bond acceptors (Lipinski definition) is 3. The molecule has 3 aromatic carbocycles. The number of benzene rings is 3. The topological polar surface area (TPSA) is 35.6 Å². The zero-order valence-corrected chi connectivity index (χ0v) is 19.5. The second-order valence-corrected chi connectivity index (χ2v) is 9.71. The zero-order valence-electron chi connectivity index (χ0n) is 19.5. The fourth-order valence-corrected chi connectivity index (χ4v) is 5.32. The average Bonchev–Trinajstić information content (AvgIpc) is 3.37. The van der Waals surface area contributed by atoms with Crippen LogP contribution in [0, 0.1) is 5.92 Å². The Morgan fingerprint density at radius 3 is 2.21 bits per heavy atom. The van der Waals surface area contributed by atoms with Crippen LogP contribution in [0.2, 0.25) is 0 Å². The molecule has 2 saturated heterocycles. The molecular formula is C29H35N3O. The quantitative estimate of drug-likeness (QED) is 0.563. The number of piperidine rings is 1. The standard InChI is InChI=1S/C29H35N3O/c33-29(30-20-23-10-12-24(13-11-23)21-31-16-3-4-17-31)26-14-18-32(19-15-26)22-27-8-5-7-25-6-1-2-9-28(25)27/h1-2,5-13,26H,3-4,14-22H2,(H,30,33). The summed E-state index contributed by atoms with van der Waals surface area (Å²) in [5.41, 5.74) is 3.93. The Balaban J connectivity index is 1.07. The molecule has 3 aromatic rings. The van der Waals surface area contributed by atoms with Crippen molar-refractivity contribution in [3.63, 3.8) is 0 Å². The van der Waals surface area contributed by atoms with Crippen molar-refractivity contribution in [3.8, 4) is 0 Å². The molecule has 172 valence electrons. The van der Waals surface area contributed by atoms with Gasteiger partial charge < -0.3 is 5.32 Å². The molecule has 0 saturated carbocycles. The lowest BCUT2D eigenvalue weighted by molar-refractivity contribution is -0.126. The first-order valence-electron chi connectivity index (χ1n) is 12.5. The van der Waals surface area contributed by atoms with Crippen LogP contribution in [0.5, 0.6) is 0 Å². The van der Waals surface area contributed by atoms with Crippen LogP contribution in [0.3, 0.4) is 0 Å². The molecule has 33 heavy (non-hydrogen) atoms. The van der Waals surface area contributed by atoms with Crippen LogP contribution >= 0.6 is 0 Å². The lowest BCUT2D eigenvalue weighted by atomic mass is 9.95. The van der Waals surface area contributed by atoms with Crippen molar-refractivity contribution >= 4 is 16.7 Å². The van der Waals surface area contributed by atoms with Gasteiger partial charge in [0.25, 0.3) is 0 Å². The number of amides is 1. The van der Waals surface area contributed by atoms with E-state index in [2.05, 4.69) is 81.8 Å². The molecule has 2 fully saturated rings. The van der Waals surface area contributed by atoms with E-state index in [1.165, 1.54) is 53.4 Å². The van der Waals surface area contributed by atoms with E-state index in [4.69, 9.17) is 0 Å². The molecular weight excluding hydrogens is 406 g/mol. The summed E-state index contributed by atoms with van der Waals surface area (Å²) >= 11 is 0. The molecule has 0 aromatic heterocycles. The van der Waals surface area contributed by atoms with Crippen LogP contribution in [0.1, 0.15) is 42.4 Å². The van der Waals surface area contributed by atoms with Gasteiger partial charge in [-0.15, -0.1) is 0 Å². The molecule has 5 rings (SSSR count). The highest BCUT2D eigenvalue weighted by atomic mass is 16.1. The molecule has 1 N–H and O–H groups in total. The number of rotatable bonds is 7. The predicted molar refractivity (Wildman–Crippen MR) is 135 cm³/mol. The van der Waals surface area contributed by atoms with Gasteiger partial charge in [0.05, 0.1) is 0 Å². The van der Waals surface area contributed by atoms with Crippen LogP contribution in [-0.4, -0.2) is 41.9 Å². The number of carbonyl (C=O) groups is 1. The molecule has 2 aliphatic rings. The Hall–Kier alpha value is -2.69. The molecule has 0 aliphatic carbocycles. The molecule has 0 atom stereocenters. The summed E-state index contributed by atoms with van der Waals surface area (Å²) in [6, 6.07) is 23.9. The summed E-state index contributed by atoms with van der Waals surface area (Å²) in [4.78, 5) is 17.8. The van der Waals surface area contributed by atoms with Crippen molar-refractivity contribution in [2.75, 3.05) is 26.2 Å². The Morgan fingerprint density at radius 2 is 1.42 bits per heavy atom. The second kappa shape index (κ2) is 10.5. The van der Waals surface area contributed by atoms with Crippen LogP contribution in [-0.2, 0) is 24.4 Å². The van der Waals surface area contributed by atoms with Crippen LogP contribution in [0.4, 0.5) is 0 Å². The van der Waals surface area contributed by atoms with E-state index in [0.29, 0.717) is 6.54 Å². The van der Waals surface area contributed by atoms with E-state index in [9.17, 15) is 4.79 Å². The van der Waals surface area contributed by atoms with E-state index < -0.39 is 0 Å². The number of nitrogens with zero attached hydrogens (tertiary/aromatic N) is 2. The summed E-state index contributed by atoms with van der Waals surface area (Å²) < 4.78 is 0. The van der Waals surface area contributed by atoms with Gasteiger partial charge in [0.2, 0.25) is 5.91 Å². The van der Waals surface area contributed by atoms with Crippen LogP contribution in [0.15, 0.2) is 66.7 Å². The number of hydrogen-bond donors (Lipinski definition) is 1. The normalized spacial score (nSPS) is 18.1. The molecule has 0 radical (unpaired) electrons. The van der Waals surface area contributed by atoms with Crippen molar-refractivity contribution in [1.82, 2.24) is 15.1 Å². The molecule has 0 unspecified atom stereocenters. The fraction of sp³-hybridized carbons (Fsp3) is 0.414. The van der Waals surface area contributed by atoms with Crippen molar-refractivity contribution < 1.29 is 4.79 Å². The van der Waals surface area contributed by atoms with Gasteiger partial charge in [0.1, 0.15) is 0 Å². The Bertz CT molecular complexity index is 1060. The largest absolute Gasteiger partial charge is 0.352 e. The van der Waals surface area contributed by atoms with E-state index in [-0.39, 0.29) is 11.8 Å². The summed E-state index contributed by atoms with van der Waals surface area (Å²) in [7, 11) is 0. The first-order chi connectivity index (χ1) is 16.2. The second-order valence-electron chi connectivity index (χ2n) is 9.71. The van der Waals surface area contributed by atoms with Gasteiger partial charge >= 0.3 is 0 Å². The molecule has 0 spiro atoms. The van der Waals surface area contributed by atoms with Gasteiger partial charge in [-0.2, -0.15) is 0 Å². The molecule has 0 bridgehead atoms. The molecule has 4 nitrogen and oxygen atoms in total. The van der Waals surface area contributed by atoms with Gasteiger partial charge in [-0.05, 0) is 79.3 Å². The third kappa shape index (κ3) is 5.63. The Labute approximate surface area is 197 Å². The van der Waals surface area contributed by atoms with Crippen LogP contribution < -0.4 is 5.32 Å². The molecule has 1 amide bonds. The highest BCUT2D eigenvalue weighted by molar-refractivity contribution is 5.85. The number of likely N-dealkylation sites (tertiary alicyclic amines) is 2. The fourth-order valence-electron chi connectivity index (χ4n) is 5.32. The lowest BCUT2D eigenvalue weighted by Crippen LogP contribution is -2.40. The molecule has 2 heterocycles. The zero-order chi connectivity index (χ0) is 22.5. The first kappa shape index (κ1) is 22.1. The third-order valence-electron chi connectivity index (χ3n) is 7.33. The third-order valence-corrected chi connectivity index (χ3v) is 7.33. The van der Waals surface area contributed by atoms with Gasteiger partial charge in [0.15, 0.2) is 0 Å². The van der Waals surface area contributed by atoms with Gasteiger partial charge in [-0.1, -0.05) is 66.7 Å². The molecule has 4 heteroatoms. The maximum Gasteiger partial charge on any atom is 0.223 e. The summed E-state index contributed by atoms with van der Waals surface area (Å²) in [5.74, 6) is 0.337. The number of nitrogens with one attached hydrogen (secondary N) is 1. The highest BCUT2D eigenvalue weighted by Gasteiger charge is 2.25. The van der Waals surface area contributed by atoms with Crippen molar-refractivity contribution in [3.05, 3.63) is 83.4 Å². The maximum absolute atomic E-state index is 12.8. The minimum absolute atomic E-state index is 0.128. The first-order valence-corrected chi connectivity index (χ1v) is 12.5. The summed E-state index contributed by atoms with van der Waals surface area (Å²) in [6.07, 6.45) is 4.52. The molecule has 2 aliphatic heterocycles. The van der Waals surface area contributed by atoms with E-state index >= 15 is 0 Å². The van der Waals surface area contributed by atoms with Crippen molar-refractivity contribution in [1.29, 1.82) is 0 Å². The Kier molecular flexibility index (Phi) is 7.03. The van der Waals surface area contributed by atoms with Gasteiger partial charge in [0, 0.05) is 25.6 Å². The minimum Gasteiger partial charge on any atom is -0.352 e. The highest BCUT2D eigenvalue weighted by Crippen LogP contribution is 2.24. The Morgan fingerprint density at radius 1 is 0.758 bits per heavy atom. The average molecular weight is 442 g/mol. The lowest BCUT2D eigenvalue weighted by Gasteiger charge is -2.31. The van der Waals surface area contributed by atoms with Crippen molar-refractivity contribution in [2.45, 2.75) is 45.3 Å². The van der Waals surface area contributed by atoms with E-state index in [0.717, 1.165) is 39.0 Å². The summed E-state index contributed by atoms with van der Waals surface area (Å²) in [6.45, 7) is 7.03. The monoisotopic (exact) mass is 441 g/mol. The summed E-state index contributed by atoms with van der Waals surface area (Å²) in [5, 5.41) is 5.82. The van der Waals surface area contributed by atoms with Gasteiger partial charge in [-0.25, -0.2) is 0 Å². The smallest absolute Gasteiger partial charge is 0.223 e. The van der Waals surface area contributed by atoms with Crippen LogP contribution in [0.25, 0.3) is 10.8 Å². The SMILES string of the molecule is O=C(NCc1ccc(CN2CCCC2)cc1)C1CCN(Cc2cccc3ccccc23)CC1. The maximum atomic E-state index is 12.8. The van der Waals surface area contributed by atoms with Gasteiger partial charge in [-0.3, -0.25) is 14.6 Å². The minimum atomic E-state index is 0.128. The predicted octanol–water partition coefficient (Wildman–Crippen LogP) is 4.96. The van der Waals surface area contributed by atoms with E-state index in [1.807, 2.05) is 0 Å². The van der Waals surface area contributed by atoms with E-state index in [1.54, 1.807) is 0 Å².